The number of anilines is 1. The van der Waals surface area contributed by atoms with Gasteiger partial charge >= 0.3 is 0 Å². The lowest BCUT2D eigenvalue weighted by Gasteiger charge is -2.07. The molecule has 0 aliphatic carbocycles. The number of benzene rings is 1. The highest BCUT2D eigenvalue weighted by Crippen LogP contribution is 2.10. The van der Waals surface area contributed by atoms with Crippen LogP contribution >= 0.6 is 34.8 Å². The van der Waals surface area contributed by atoms with Crippen LogP contribution in [-0.4, -0.2) is 11.0 Å². The first-order chi connectivity index (χ1) is 9.63. The van der Waals surface area contributed by atoms with E-state index in [9.17, 15) is 4.79 Å². The number of rotatable bonds is 3. The third-order valence-electron chi connectivity index (χ3n) is 2.28. The van der Waals surface area contributed by atoms with Crippen LogP contribution in [0.1, 0.15) is 5.76 Å². The first-order valence-electron chi connectivity index (χ1n) is 5.72. The van der Waals surface area contributed by atoms with Gasteiger partial charge in [-0.05, 0) is 77.3 Å². The molecular weight excluding hydrogens is 387 g/mol. The molecule has 0 unspecified atom stereocenters. The minimum absolute atomic E-state index is 0.250. The van der Waals surface area contributed by atoms with Gasteiger partial charge in [0.2, 0.25) is 5.91 Å². The van der Waals surface area contributed by atoms with Crippen molar-refractivity contribution in [3.8, 4) is 0 Å². The second-order valence-corrected chi connectivity index (χ2v) is 5.45. The normalized spacial score (nSPS) is 10.4. The van der Waals surface area contributed by atoms with Crippen molar-refractivity contribution in [2.75, 3.05) is 5.32 Å². The lowest BCUT2D eigenvalue weighted by Crippen LogP contribution is -2.32. The topological polar surface area (TPSA) is 54.3 Å². The highest BCUT2D eigenvalue weighted by Gasteiger charge is 2.01. The maximum Gasteiger partial charge on any atom is 0.250 e. The Morgan fingerprint density at radius 1 is 1.25 bits per heavy atom. The fraction of sp³-hybridized carbons (Fsp3) is 0. The SMILES string of the molecule is O=C(C=Cc1ccco1)NC(=S)Nc1ccc(I)cc1. The Hall–Kier alpha value is -1.67. The van der Waals surface area contributed by atoms with E-state index in [1.54, 1.807) is 24.5 Å². The molecule has 0 fully saturated rings. The maximum absolute atomic E-state index is 11.6. The lowest BCUT2D eigenvalue weighted by atomic mass is 10.3. The average Bonchev–Trinajstić information content (AvgIpc) is 2.92. The molecule has 0 saturated heterocycles. The van der Waals surface area contributed by atoms with Crippen molar-refractivity contribution in [1.29, 1.82) is 0 Å². The predicted octanol–water partition coefficient (Wildman–Crippen LogP) is 3.41. The summed E-state index contributed by atoms with van der Waals surface area (Å²) in [6.07, 6.45) is 4.48. The van der Waals surface area contributed by atoms with E-state index < -0.39 is 0 Å². The van der Waals surface area contributed by atoms with Crippen LogP contribution in [0.3, 0.4) is 0 Å². The molecule has 2 rings (SSSR count). The van der Waals surface area contributed by atoms with Crippen molar-refractivity contribution in [1.82, 2.24) is 5.32 Å². The smallest absolute Gasteiger partial charge is 0.250 e. The van der Waals surface area contributed by atoms with Crippen LogP contribution in [0.15, 0.2) is 53.2 Å². The minimum Gasteiger partial charge on any atom is -0.465 e. The van der Waals surface area contributed by atoms with Gasteiger partial charge in [0.25, 0.3) is 0 Å². The van der Waals surface area contributed by atoms with Crippen LogP contribution in [-0.2, 0) is 4.79 Å². The summed E-state index contributed by atoms with van der Waals surface area (Å²) in [6.45, 7) is 0. The molecule has 0 aliphatic rings. The molecule has 2 N–H and O–H groups in total. The van der Waals surface area contributed by atoms with Gasteiger partial charge in [0.15, 0.2) is 5.11 Å². The van der Waals surface area contributed by atoms with Gasteiger partial charge in [-0.1, -0.05) is 0 Å². The molecule has 2 aromatic rings. The van der Waals surface area contributed by atoms with E-state index in [2.05, 4.69) is 33.2 Å². The molecule has 20 heavy (non-hydrogen) atoms. The van der Waals surface area contributed by atoms with E-state index in [4.69, 9.17) is 16.6 Å². The van der Waals surface area contributed by atoms with Gasteiger partial charge in [-0.2, -0.15) is 0 Å². The maximum atomic E-state index is 11.6. The van der Waals surface area contributed by atoms with E-state index in [1.165, 1.54) is 6.08 Å². The average molecular weight is 398 g/mol. The summed E-state index contributed by atoms with van der Waals surface area (Å²) < 4.78 is 6.21. The number of amides is 1. The highest BCUT2D eigenvalue weighted by molar-refractivity contribution is 14.1. The molecule has 4 nitrogen and oxygen atoms in total. The standard InChI is InChI=1S/C14H11IN2O2S/c15-10-3-5-11(6-4-10)16-14(20)17-13(18)8-7-12-2-1-9-19-12/h1-9H,(H2,16,17,18,20). The number of thiocarbonyl (C=S) groups is 1. The molecule has 0 atom stereocenters. The second kappa shape index (κ2) is 7.20. The van der Waals surface area contributed by atoms with Crippen LogP contribution in [0, 0.1) is 3.57 Å². The van der Waals surface area contributed by atoms with Gasteiger partial charge in [0.1, 0.15) is 5.76 Å². The predicted molar refractivity (Wildman–Crippen MR) is 91.3 cm³/mol. The van der Waals surface area contributed by atoms with Crippen molar-refractivity contribution in [2.24, 2.45) is 0 Å². The van der Waals surface area contributed by atoms with E-state index >= 15 is 0 Å². The highest BCUT2D eigenvalue weighted by atomic mass is 127. The Morgan fingerprint density at radius 2 is 2.00 bits per heavy atom. The molecule has 0 bridgehead atoms. The third-order valence-corrected chi connectivity index (χ3v) is 3.20. The second-order valence-electron chi connectivity index (χ2n) is 3.80. The minimum atomic E-state index is -0.315. The van der Waals surface area contributed by atoms with Gasteiger partial charge < -0.3 is 9.73 Å². The van der Waals surface area contributed by atoms with Crippen LogP contribution < -0.4 is 10.6 Å². The molecule has 1 aromatic heterocycles. The van der Waals surface area contributed by atoms with Gasteiger partial charge in [-0.3, -0.25) is 10.1 Å². The third kappa shape index (κ3) is 4.78. The van der Waals surface area contributed by atoms with Gasteiger partial charge in [0.05, 0.1) is 6.26 Å². The van der Waals surface area contributed by atoms with Crippen LogP contribution in [0.2, 0.25) is 0 Å². The van der Waals surface area contributed by atoms with Gasteiger partial charge in [-0.15, -0.1) is 0 Å². The zero-order chi connectivity index (χ0) is 14.4. The Morgan fingerprint density at radius 3 is 2.65 bits per heavy atom. The van der Waals surface area contributed by atoms with E-state index in [-0.39, 0.29) is 11.0 Å². The molecule has 1 aromatic carbocycles. The summed E-state index contributed by atoms with van der Waals surface area (Å²) in [7, 11) is 0. The quantitative estimate of drug-likeness (QED) is 0.473. The van der Waals surface area contributed by atoms with E-state index in [0.29, 0.717) is 5.76 Å². The number of hydrogen-bond acceptors (Lipinski definition) is 3. The molecule has 1 amide bonds. The van der Waals surface area contributed by atoms with Gasteiger partial charge in [0, 0.05) is 15.3 Å². The molecule has 1 heterocycles. The van der Waals surface area contributed by atoms with Crippen molar-refractivity contribution in [2.45, 2.75) is 0 Å². The number of nitrogens with one attached hydrogen (secondary N) is 2. The number of carbonyl (C=O) groups is 1. The summed E-state index contributed by atoms with van der Waals surface area (Å²) in [6, 6.07) is 11.2. The Bertz CT molecular complexity index is 621. The summed E-state index contributed by atoms with van der Waals surface area (Å²) in [5.74, 6) is 0.293. The lowest BCUT2D eigenvalue weighted by molar-refractivity contribution is -0.115. The number of furan rings is 1. The molecule has 0 spiro atoms. The summed E-state index contributed by atoms with van der Waals surface area (Å²) in [5, 5.41) is 5.74. The fourth-order valence-electron chi connectivity index (χ4n) is 1.39. The van der Waals surface area contributed by atoms with Crippen molar-refractivity contribution >= 4 is 57.6 Å². The Kier molecular flexibility index (Phi) is 5.31. The van der Waals surface area contributed by atoms with E-state index in [1.807, 2.05) is 24.3 Å². The molecule has 0 saturated carbocycles. The Balaban J connectivity index is 1.85. The Labute approximate surface area is 135 Å². The number of halogens is 1. The molecule has 0 aliphatic heterocycles. The van der Waals surface area contributed by atoms with Crippen LogP contribution in [0.5, 0.6) is 0 Å². The van der Waals surface area contributed by atoms with Crippen LogP contribution in [0.4, 0.5) is 5.69 Å². The van der Waals surface area contributed by atoms with E-state index in [0.717, 1.165) is 9.26 Å². The summed E-state index contributed by atoms with van der Waals surface area (Å²) in [4.78, 5) is 11.6. The van der Waals surface area contributed by atoms with Crippen molar-refractivity contribution in [3.05, 3.63) is 58.1 Å². The zero-order valence-electron chi connectivity index (χ0n) is 10.3. The first-order valence-corrected chi connectivity index (χ1v) is 7.21. The zero-order valence-corrected chi connectivity index (χ0v) is 13.3. The molecular formula is C14H11IN2O2S. The largest absolute Gasteiger partial charge is 0.465 e. The summed E-state index contributed by atoms with van der Waals surface area (Å²) in [5.41, 5.74) is 0.825. The van der Waals surface area contributed by atoms with Crippen LogP contribution in [0.25, 0.3) is 6.08 Å². The molecule has 102 valence electrons. The fourth-order valence-corrected chi connectivity index (χ4v) is 1.97. The number of carbonyl (C=O) groups excluding carboxylic acids is 1. The molecule has 6 heteroatoms. The van der Waals surface area contributed by atoms with Crippen molar-refractivity contribution < 1.29 is 9.21 Å². The monoisotopic (exact) mass is 398 g/mol. The first kappa shape index (κ1) is 14.7. The number of hydrogen-bond donors (Lipinski definition) is 2. The summed E-state index contributed by atoms with van der Waals surface area (Å²) >= 11 is 7.27. The van der Waals surface area contributed by atoms with Crippen molar-refractivity contribution in [3.63, 3.8) is 0 Å². The van der Waals surface area contributed by atoms with Gasteiger partial charge in [-0.25, -0.2) is 0 Å². The molecule has 0 radical (unpaired) electrons.